The molecule has 0 unspecified atom stereocenters. The van der Waals surface area contributed by atoms with Gasteiger partial charge in [0.1, 0.15) is 11.6 Å². The lowest BCUT2D eigenvalue weighted by atomic mass is 10.2. The van der Waals surface area contributed by atoms with Gasteiger partial charge in [-0.1, -0.05) is 12.1 Å². The van der Waals surface area contributed by atoms with Crippen LogP contribution in [0.2, 0.25) is 0 Å². The maximum absolute atomic E-state index is 9.28. The van der Waals surface area contributed by atoms with Gasteiger partial charge in [0.05, 0.1) is 25.8 Å². The number of nitrogens with zero attached hydrogens (tertiary/aromatic N) is 4. The molecule has 0 aliphatic rings. The van der Waals surface area contributed by atoms with Crippen molar-refractivity contribution in [1.29, 1.82) is 0 Å². The number of rotatable bonds is 8. The molecule has 0 aliphatic carbocycles. The molecule has 7 heteroatoms. The molecule has 0 bridgehead atoms. The Morgan fingerprint density at radius 3 is 2.60 bits per heavy atom. The number of aromatic nitrogens is 4. The summed E-state index contributed by atoms with van der Waals surface area (Å²) in [6, 6.07) is 7.67. The maximum atomic E-state index is 9.28. The number of nitrogens with one attached hydrogen (secondary N) is 1. The van der Waals surface area contributed by atoms with E-state index in [2.05, 4.69) is 24.8 Å². The molecule has 130 valence electrons. The van der Waals surface area contributed by atoms with Crippen molar-refractivity contribution in [3.8, 4) is 17.1 Å². The highest BCUT2D eigenvalue weighted by molar-refractivity contribution is 5.63. The minimum atomic E-state index is 0.0842. The number of imidazole rings is 1. The van der Waals surface area contributed by atoms with Crippen LogP contribution in [0.15, 0.2) is 49.1 Å². The molecule has 2 N–H and O–H groups in total. The van der Waals surface area contributed by atoms with Crippen molar-refractivity contribution in [2.24, 2.45) is 0 Å². The average molecular weight is 339 g/mol. The second kappa shape index (κ2) is 8.36. The lowest BCUT2D eigenvalue weighted by molar-refractivity contribution is 0.181. The molecule has 0 saturated heterocycles. The standard InChI is InChI=1S/C18H21N5O2/c1-25-16-5-3-2-4-15(16)18-21-10-14(11-22-18)12-23(8-9-24)13-17-19-6-7-20-17/h2-7,10-11,24H,8-9,12-13H2,1H3,(H,19,20). The first-order chi connectivity index (χ1) is 12.3. The Bertz CT molecular complexity index is 774. The zero-order chi connectivity index (χ0) is 17.5. The average Bonchev–Trinajstić information content (AvgIpc) is 3.15. The summed E-state index contributed by atoms with van der Waals surface area (Å²) < 4.78 is 5.36. The number of ether oxygens (including phenoxy) is 1. The summed E-state index contributed by atoms with van der Waals surface area (Å²) in [6.07, 6.45) is 7.12. The molecular formula is C18H21N5O2. The molecule has 3 aromatic rings. The fourth-order valence-corrected chi connectivity index (χ4v) is 2.61. The van der Waals surface area contributed by atoms with Gasteiger partial charge in [-0.15, -0.1) is 0 Å². The Morgan fingerprint density at radius 1 is 1.12 bits per heavy atom. The zero-order valence-corrected chi connectivity index (χ0v) is 14.1. The quantitative estimate of drug-likeness (QED) is 0.651. The molecule has 2 aromatic heterocycles. The highest BCUT2D eigenvalue weighted by Crippen LogP contribution is 2.26. The monoisotopic (exact) mass is 339 g/mol. The summed E-state index contributed by atoms with van der Waals surface area (Å²) in [5.41, 5.74) is 1.83. The minimum absolute atomic E-state index is 0.0842. The van der Waals surface area contributed by atoms with E-state index in [0.29, 0.717) is 25.5 Å². The number of para-hydroxylation sites is 1. The minimum Gasteiger partial charge on any atom is -0.496 e. The lowest BCUT2D eigenvalue weighted by Gasteiger charge is -2.20. The van der Waals surface area contributed by atoms with Crippen molar-refractivity contribution in [2.45, 2.75) is 13.1 Å². The van der Waals surface area contributed by atoms with Gasteiger partial charge in [-0.3, -0.25) is 4.90 Å². The molecule has 7 nitrogen and oxygen atoms in total. The Labute approximate surface area is 146 Å². The summed E-state index contributed by atoms with van der Waals surface area (Å²) in [7, 11) is 1.63. The summed E-state index contributed by atoms with van der Waals surface area (Å²) in [4.78, 5) is 18.3. The van der Waals surface area contributed by atoms with Crippen LogP contribution in [-0.2, 0) is 13.1 Å². The number of hydrogen-bond donors (Lipinski definition) is 2. The van der Waals surface area contributed by atoms with Gasteiger partial charge >= 0.3 is 0 Å². The Kier molecular flexibility index (Phi) is 5.71. The third-order valence-corrected chi connectivity index (χ3v) is 3.80. The topological polar surface area (TPSA) is 87.2 Å². The predicted octanol–water partition coefficient (Wildman–Crippen LogP) is 1.87. The van der Waals surface area contributed by atoms with Crippen molar-refractivity contribution in [2.75, 3.05) is 20.3 Å². The first kappa shape index (κ1) is 17.1. The molecule has 0 spiro atoms. The van der Waals surface area contributed by atoms with Crippen LogP contribution in [0.4, 0.5) is 0 Å². The Balaban J connectivity index is 1.72. The fraction of sp³-hybridized carbons (Fsp3) is 0.278. The van der Waals surface area contributed by atoms with E-state index >= 15 is 0 Å². The van der Waals surface area contributed by atoms with Gasteiger partial charge in [-0.05, 0) is 12.1 Å². The summed E-state index contributed by atoms with van der Waals surface area (Å²) >= 11 is 0. The van der Waals surface area contributed by atoms with E-state index in [9.17, 15) is 5.11 Å². The molecule has 0 saturated carbocycles. The SMILES string of the molecule is COc1ccccc1-c1ncc(CN(CCO)Cc2ncc[nH]2)cn1. The molecule has 0 atom stereocenters. The van der Waals surface area contributed by atoms with Crippen LogP contribution in [0.3, 0.4) is 0 Å². The number of methoxy groups -OCH3 is 1. The van der Waals surface area contributed by atoms with Crippen LogP contribution in [0.5, 0.6) is 5.75 Å². The number of benzene rings is 1. The second-order valence-corrected chi connectivity index (χ2v) is 5.59. The normalized spacial score (nSPS) is 11.0. The molecule has 1 aromatic carbocycles. The summed E-state index contributed by atoms with van der Waals surface area (Å²) in [5, 5.41) is 9.28. The first-order valence-corrected chi connectivity index (χ1v) is 8.06. The zero-order valence-electron chi connectivity index (χ0n) is 14.1. The predicted molar refractivity (Wildman–Crippen MR) is 93.8 cm³/mol. The third kappa shape index (κ3) is 4.40. The summed E-state index contributed by atoms with van der Waals surface area (Å²) in [5.74, 6) is 2.23. The van der Waals surface area contributed by atoms with Crippen molar-refractivity contribution in [3.05, 3.63) is 60.4 Å². The highest BCUT2D eigenvalue weighted by Gasteiger charge is 2.11. The number of hydrogen-bond acceptors (Lipinski definition) is 6. The second-order valence-electron chi connectivity index (χ2n) is 5.59. The Hall–Kier alpha value is -2.77. The maximum Gasteiger partial charge on any atom is 0.162 e. The molecule has 0 radical (unpaired) electrons. The molecular weight excluding hydrogens is 318 g/mol. The molecule has 2 heterocycles. The van der Waals surface area contributed by atoms with Crippen molar-refractivity contribution < 1.29 is 9.84 Å². The van der Waals surface area contributed by atoms with Crippen LogP contribution >= 0.6 is 0 Å². The first-order valence-electron chi connectivity index (χ1n) is 8.06. The van der Waals surface area contributed by atoms with E-state index in [0.717, 1.165) is 22.7 Å². The van der Waals surface area contributed by atoms with Crippen LogP contribution in [0.1, 0.15) is 11.4 Å². The van der Waals surface area contributed by atoms with E-state index in [1.807, 2.05) is 24.3 Å². The van der Waals surface area contributed by atoms with Gasteiger partial charge in [0.15, 0.2) is 5.82 Å². The van der Waals surface area contributed by atoms with Gasteiger partial charge in [0.25, 0.3) is 0 Å². The molecule has 0 aliphatic heterocycles. The number of aliphatic hydroxyl groups excluding tert-OH is 1. The van der Waals surface area contributed by atoms with E-state index in [-0.39, 0.29) is 6.61 Å². The van der Waals surface area contributed by atoms with Crippen LogP contribution in [-0.4, -0.2) is 50.2 Å². The van der Waals surface area contributed by atoms with Crippen LogP contribution in [0, 0.1) is 0 Å². The van der Waals surface area contributed by atoms with Crippen LogP contribution in [0.25, 0.3) is 11.4 Å². The molecule has 0 amide bonds. The lowest BCUT2D eigenvalue weighted by Crippen LogP contribution is -2.26. The van der Waals surface area contributed by atoms with Gasteiger partial charge in [0.2, 0.25) is 0 Å². The number of H-pyrrole nitrogens is 1. The highest BCUT2D eigenvalue weighted by atomic mass is 16.5. The molecule has 3 rings (SSSR count). The van der Waals surface area contributed by atoms with E-state index in [4.69, 9.17) is 4.74 Å². The molecule has 25 heavy (non-hydrogen) atoms. The van der Waals surface area contributed by atoms with Crippen molar-refractivity contribution >= 4 is 0 Å². The van der Waals surface area contributed by atoms with Crippen molar-refractivity contribution in [1.82, 2.24) is 24.8 Å². The third-order valence-electron chi connectivity index (χ3n) is 3.80. The summed E-state index contributed by atoms with van der Waals surface area (Å²) in [6.45, 7) is 1.89. The fourth-order valence-electron chi connectivity index (χ4n) is 2.61. The van der Waals surface area contributed by atoms with Gasteiger partial charge < -0.3 is 14.8 Å². The van der Waals surface area contributed by atoms with Gasteiger partial charge in [-0.2, -0.15) is 0 Å². The number of aliphatic hydroxyl groups is 1. The number of aromatic amines is 1. The van der Waals surface area contributed by atoms with Crippen molar-refractivity contribution in [3.63, 3.8) is 0 Å². The van der Waals surface area contributed by atoms with Gasteiger partial charge in [-0.25, -0.2) is 15.0 Å². The largest absolute Gasteiger partial charge is 0.496 e. The molecule has 0 fully saturated rings. The Morgan fingerprint density at radius 2 is 1.92 bits per heavy atom. The van der Waals surface area contributed by atoms with Gasteiger partial charge in [0, 0.05) is 43.4 Å². The smallest absolute Gasteiger partial charge is 0.162 e. The van der Waals surface area contributed by atoms with E-state index in [1.54, 1.807) is 31.9 Å². The van der Waals surface area contributed by atoms with E-state index in [1.165, 1.54) is 0 Å². The van der Waals surface area contributed by atoms with E-state index < -0.39 is 0 Å². The van der Waals surface area contributed by atoms with Crippen LogP contribution < -0.4 is 4.74 Å².